The van der Waals surface area contributed by atoms with Crippen LogP contribution in [0.5, 0.6) is 5.75 Å². The third kappa shape index (κ3) is 4.31. The molecule has 0 radical (unpaired) electrons. The zero-order chi connectivity index (χ0) is 17.8. The van der Waals surface area contributed by atoms with E-state index in [2.05, 4.69) is 10.3 Å². The standard InChI is InChI=1S/C18H14Cl2N2O2S/c1-24-12-7-5-11(6-8-12)21-18(23)16-10-25-17(22-16)9-13-14(19)3-2-4-15(13)20/h2-8,10H,9H2,1H3,(H,21,23). The summed E-state index contributed by atoms with van der Waals surface area (Å²) in [5.41, 5.74) is 1.84. The van der Waals surface area contributed by atoms with Crippen LogP contribution >= 0.6 is 34.5 Å². The highest BCUT2D eigenvalue weighted by atomic mass is 35.5. The van der Waals surface area contributed by atoms with Gasteiger partial charge in [0.05, 0.1) is 12.1 Å². The van der Waals surface area contributed by atoms with Crippen LogP contribution in [-0.2, 0) is 6.42 Å². The number of benzene rings is 2. The molecule has 0 saturated carbocycles. The Morgan fingerprint density at radius 2 is 1.84 bits per heavy atom. The molecule has 0 aliphatic heterocycles. The van der Waals surface area contributed by atoms with Gasteiger partial charge in [0.25, 0.3) is 5.91 Å². The minimum atomic E-state index is -0.266. The van der Waals surface area contributed by atoms with E-state index in [0.717, 1.165) is 16.3 Å². The topological polar surface area (TPSA) is 51.2 Å². The van der Waals surface area contributed by atoms with Gasteiger partial charge in [0.2, 0.25) is 0 Å². The fourth-order valence-electron chi connectivity index (χ4n) is 2.22. The molecule has 3 aromatic rings. The van der Waals surface area contributed by atoms with Crippen LogP contribution in [0.1, 0.15) is 21.1 Å². The summed E-state index contributed by atoms with van der Waals surface area (Å²) in [6.45, 7) is 0. The molecule has 1 heterocycles. The first-order chi connectivity index (χ1) is 12.1. The van der Waals surface area contributed by atoms with Crippen molar-refractivity contribution in [1.82, 2.24) is 4.98 Å². The minimum absolute atomic E-state index is 0.266. The largest absolute Gasteiger partial charge is 0.497 e. The summed E-state index contributed by atoms with van der Waals surface area (Å²) in [5, 5.41) is 6.48. The van der Waals surface area contributed by atoms with Crippen LogP contribution in [0.2, 0.25) is 10.0 Å². The molecular weight excluding hydrogens is 379 g/mol. The smallest absolute Gasteiger partial charge is 0.275 e. The van der Waals surface area contributed by atoms with Gasteiger partial charge in [0.15, 0.2) is 0 Å². The van der Waals surface area contributed by atoms with Gasteiger partial charge in [-0.05, 0) is 42.0 Å². The molecule has 0 aliphatic carbocycles. The van der Waals surface area contributed by atoms with E-state index in [1.54, 1.807) is 55.0 Å². The molecule has 1 aromatic heterocycles. The molecule has 0 unspecified atom stereocenters. The van der Waals surface area contributed by atoms with Gasteiger partial charge in [-0.3, -0.25) is 4.79 Å². The number of methoxy groups -OCH3 is 1. The number of carbonyl (C=O) groups is 1. The van der Waals surface area contributed by atoms with Crippen molar-refractivity contribution >= 4 is 46.1 Å². The average molecular weight is 393 g/mol. The second-order valence-electron chi connectivity index (χ2n) is 5.19. The van der Waals surface area contributed by atoms with Crippen molar-refractivity contribution < 1.29 is 9.53 Å². The molecule has 0 aliphatic rings. The fraction of sp³-hybridized carbons (Fsp3) is 0.111. The van der Waals surface area contributed by atoms with Gasteiger partial charge in [0, 0.05) is 27.5 Å². The normalized spacial score (nSPS) is 10.5. The molecule has 3 rings (SSSR count). The van der Waals surface area contributed by atoms with Crippen molar-refractivity contribution in [2.75, 3.05) is 12.4 Å². The van der Waals surface area contributed by atoms with Crippen LogP contribution < -0.4 is 10.1 Å². The van der Waals surface area contributed by atoms with Gasteiger partial charge in [-0.25, -0.2) is 4.98 Å². The Bertz CT molecular complexity index is 874. The maximum absolute atomic E-state index is 12.3. The number of thiazole rings is 1. The molecule has 1 amide bonds. The number of hydrogen-bond acceptors (Lipinski definition) is 4. The van der Waals surface area contributed by atoms with E-state index in [0.29, 0.717) is 27.8 Å². The van der Waals surface area contributed by atoms with Crippen LogP contribution in [0.3, 0.4) is 0 Å². The van der Waals surface area contributed by atoms with E-state index in [9.17, 15) is 4.79 Å². The van der Waals surface area contributed by atoms with Gasteiger partial charge in [-0.15, -0.1) is 11.3 Å². The lowest BCUT2D eigenvalue weighted by Gasteiger charge is -2.05. The summed E-state index contributed by atoms with van der Waals surface area (Å²) in [6.07, 6.45) is 0.485. The Morgan fingerprint density at radius 3 is 2.48 bits per heavy atom. The van der Waals surface area contributed by atoms with Crippen LogP contribution in [0.25, 0.3) is 0 Å². The van der Waals surface area contributed by atoms with Crippen molar-refractivity contribution in [3.63, 3.8) is 0 Å². The molecule has 0 spiro atoms. The van der Waals surface area contributed by atoms with E-state index in [1.165, 1.54) is 11.3 Å². The number of aromatic nitrogens is 1. The number of nitrogens with zero attached hydrogens (tertiary/aromatic N) is 1. The third-order valence-corrected chi connectivity index (χ3v) is 5.08. The minimum Gasteiger partial charge on any atom is -0.497 e. The van der Waals surface area contributed by atoms with Crippen molar-refractivity contribution in [3.8, 4) is 5.75 Å². The highest BCUT2D eigenvalue weighted by molar-refractivity contribution is 7.09. The molecule has 128 valence electrons. The maximum Gasteiger partial charge on any atom is 0.275 e. The van der Waals surface area contributed by atoms with Gasteiger partial charge < -0.3 is 10.1 Å². The number of ether oxygens (including phenoxy) is 1. The quantitative estimate of drug-likeness (QED) is 0.640. The van der Waals surface area contributed by atoms with Crippen LogP contribution in [0.15, 0.2) is 47.8 Å². The zero-order valence-corrected chi connectivity index (χ0v) is 15.6. The molecule has 0 fully saturated rings. The second kappa shape index (κ2) is 7.87. The number of halogens is 2. The van der Waals surface area contributed by atoms with Crippen molar-refractivity contribution in [1.29, 1.82) is 0 Å². The number of amides is 1. The first-order valence-electron chi connectivity index (χ1n) is 7.39. The Hall–Kier alpha value is -2.08. The summed E-state index contributed by atoms with van der Waals surface area (Å²) >= 11 is 13.8. The van der Waals surface area contributed by atoms with Crippen LogP contribution in [0, 0.1) is 0 Å². The number of nitrogens with one attached hydrogen (secondary N) is 1. The van der Waals surface area contributed by atoms with E-state index in [-0.39, 0.29) is 5.91 Å². The van der Waals surface area contributed by atoms with Crippen molar-refractivity contribution in [2.24, 2.45) is 0 Å². The highest BCUT2D eigenvalue weighted by Crippen LogP contribution is 2.28. The molecule has 0 saturated heterocycles. The number of rotatable bonds is 5. The lowest BCUT2D eigenvalue weighted by atomic mass is 10.1. The summed E-state index contributed by atoms with van der Waals surface area (Å²) in [7, 11) is 1.59. The summed E-state index contributed by atoms with van der Waals surface area (Å²) < 4.78 is 5.09. The van der Waals surface area contributed by atoms with E-state index >= 15 is 0 Å². The van der Waals surface area contributed by atoms with Crippen LogP contribution in [0.4, 0.5) is 5.69 Å². The summed E-state index contributed by atoms with van der Waals surface area (Å²) in [6, 6.07) is 12.5. The van der Waals surface area contributed by atoms with Crippen molar-refractivity contribution in [3.05, 3.63) is 74.2 Å². The lowest BCUT2D eigenvalue weighted by Crippen LogP contribution is -2.12. The molecule has 7 heteroatoms. The molecule has 25 heavy (non-hydrogen) atoms. The monoisotopic (exact) mass is 392 g/mol. The average Bonchev–Trinajstić information content (AvgIpc) is 3.08. The van der Waals surface area contributed by atoms with Gasteiger partial charge in [-0.2, -0.15) is 0 Å². The molecule has 0 atom stereocenters. The Kier molecular flexibility index (Phi) is 5.58. The summed E-state index contributed by atoms with van der Waals surface area (Å²) in [5.74, 6) is 0.462. The SMILES string of the molecule is COc1ccc(NC(=O)c2csc(Cc3c(Cl)cccc3Cl)n2)cc1. The molecule has 1 N–H and O–H groups in total. The Balaban J connectivity index is 1.71. The van der Waals surface area contributed by atoms with E-state index < -0.39 is 0 Å². The number of carbonyl (C=O) groups excluding carboxylic acids is 1. The molecule has 4 nitrogen and oxygen atoms in total. The molecule has 2 aromatic carbocycles. The maximum atomic E-state index is 12.3. The van der Waals surface area contributed by atoms with Gasteiger partial charge >= 0.3 is 0 Å². The molecular formula is C18H14Cl2N2O2S. The predicted molar refractivity (Wildman–Crippen MR) is 102 cm³/mol. The predicted octanol–water partition coefficient (Wildman–Crippen LogP) is 5.30. The first kappa shape index (κ1) is 17.7. The van der Waals surface area contributed by atoms with Gasteiger partial charge in [0.1, 0.15) is 11.4 Å². The van der Waals surface area contributed by atoms with Crippen molar-refractivity contribution in [2.45, 2.75) is 6.42 Å². The summed E-state index contributed by atoms with van der Waals surface area (Å²) in [4.78, 5) is 16.7. The number of hydrogen-bond donors (Lipinski definition) is 1. The Labute approximate surface area is 159 Å². The fourth-order valence-corrected chi connectivity index (χ4v) is 3.54. The van der Waals surface area contributed by atoms with E-state index in [1.807, 2.05) is 0 Å². The number of anilines is 1. The zero-order valence-electron chi connectivity index (χ0n) is 13.3. The Morgan fingerprint density at radius 1 is 1.16 bits per heavy atom. The van der Waals surface area contributed by atoms with E-state index in [4.69, 9.17) is 27.9 Å². The lowest BCUT2D eigenvalue weighted by molar-refractivity contribution is 0.102. The van der Waals surface area contributed by atoms with Crippen LogP contribution in [-0.4, -0.2) is 18.0 Å². The van der Waals surface area contributed by atoms with Gasteiger partial charge in [-0.1, -0.05) is 29.3 Å². The third-order valence-electron chi connectivity index (χ3n) is 3.52. The molecule has 0 bridgehead atoms. The first-order valence-corrected chi connectivity index (χ1v) is 9.03. The second-order valence-corrected chi connectivity index (χ2v) is 6.94. The highest BCUT2D eigenvalue weighted by Gasteiger charge is 2.14.